The van der Waals surface area contributed by atoms with E-state index < -0.39 is 0 Å². The maximum absolute atomic E-state index is 14.4. The van der Waals surface area contributed by atoms with Gasteiger partial charge in [-0.15, -0.1) is 0 Å². The van der Waals surface area contributed by atoms with Crippen LogP contribution in [0.4, 0.5) is 4.39 Å². The number of hydrogen-bond acceptors (Lipinski definition) is 4. The molecule has 4 rings (SSSR count). The van der Waals surface area contributed by atoms with Crippen LogP contribution in [0.1, 0.15) is 17.0 Å². The molecule has 3 aromatic carbocycles. The molecule has 0 aliphatic rings. The van der Waals surface area contributed by atoms with E-state index in [0.29, 0.717) is 35.1 Å². The second kappa shape index (κ2) is 10.6. The van der Waals surface area contributed by atoms with E-state index in [-0.39, 0.29) is 24.7 Å². The van der Waals surface area contributed by atoms with E-state index in [9.17, 15) is 9.18 Å². The molecule has 0 spiro atoms. The van der Waals surface area contributed by atoms with Crippen molar-refractivity contribution in [1.29, 1.82) is 0 Å². The fourth-order valence-corrected chi connectivity index (χ4v) is 4.11. The Balaban J connectivity index is 1.46. The number of imidazole rings is 1. The van der Waals surface area contributed by atoms with Gasteiger partial charge in [-0.25, -0.2) is 9.37 Å². The third-order valence-electron chi connectivity index (χ3n) is 5.59. The van der Waals surface area contributed by atoms with Crippen LogP contribution in [-0.4, -0.2) is 36.2 Å². The van der Waals surface area contributed by atoms with Gasteiger partial charge in [-0.3, -0.25) is 4.79 Å². The van der Waals surface area contributed by atoms with Crippen molar-refractivity contribution in [3.8, 4) is 11.5 Å². The number of nitrogens with one attached hydrogen (secondary N) is 1. The number of para-hydroxylation sites is 2. The van der Waals surface area contributed by atoms with Gasteiger partial charge in [0.25, 0.3) is 0 Å². The minimum atomic E-state index is -0.362. The summed E-state index contributed by atoms with van der Waals surface area (Å²) in [6.45, 7) is 0.640. The highest BCUT2D eigenvalue weighted by Crippen LogP contribution is 2.28. The molecular weight excluding hydrogens is 457 g/mol. The van der Waals surface area contributed by atoms with Crippen LogP contribution in [0.25, 0.3) is 11.0 Å². The average Bonchev–Trinajstić information content (AvgIpc) is 3.18. The summed E-state index contributed by atoms with van der Waals surface area (Å²) in [4.78, 5) is 17.2. The molecule has 1 amide bonds. The molecule has 0 atom stereocenters. The molecule has 176 valence electrons. The average molecular weight is 482 g/mol. The number of carbonyl (C=O) groups is 1. The summed E-state index contributed by atoms with van der Waals surface area (Å²) in [6, 6.07) is 17.7. The van der Waals surface area contributed by atoms with Crippen molar-refractivity contribution in [1.82, 2.24) is 14.9 Å². The third-order valence-corrected chi connectivity index (χ3v) is 5.95. The Kier molecular flexibility index (Phi) is 7.33. The Morgan fingerprint density at radius 1 is 1.06 bits per heavy atom. The molecule has 0 fully saturated rings. The zero-order valence-corrected chi connectivity index (χ0v) is 19.7. The number of benzene rings is 3. The maximum Gasteiger partial charge on any atom is 0.224 e. The van der Waals surface area contributed by atoms with E-state index in [0.717, 1.165) is 22.4 Å². The Morgan fingerprint density at radius 3 is 2.62 bits per heavy atom. The number of nitrogens with zero attached hydrogens (tertiary/aromatic N) is 2. The van der Waals surface area contributed by atoms with Crippen LogP contribution in [0.15, 0.2) is 60.7 Å². The smallest absolute Gasteiger partial charge is 0.224 e. The first-order chi connectivity index (χ1) is 16.5. The van der Waals surface area contributed by atoms with E-state index in [1.54, 1.807) is 38.5 Å². The monoisotopic (exact) mass is 481 g/mol. The Morgan fingerprint density at radius 2 is 1.85 bits per heavy atom. The first kappa shape index (κ1) is 23.6. The molecule has 0 bridgehead atoms. The van der Waals surface area contributed by atoms with Gasteiger partial charge in [0, 0.05) is 23.6 Å². The number of ether oxygens (including phenoxy) is 2. The van der Waals surface area contributed by atoms with E-state index in [4.69, 9.17) is 26.1 Å². The number of amides is 1. The van der Waals surface area contributed by atoms with Gasteiger partial charge in [0.05, 0.1) is 38.2 Å². The van der Waals surface area contributed by atoms with Crippen LogP contribution in [0.2, 0.25) is 5.02 Å². The van der Waals surface area contributed by atoms with E-state index in [1.165, 1.54) is 6.07 Å². The Bertz CT molecular complexity index is 1300. The predicted molar refractivity (Wildman–Crippen MR) is 130 cm³/mol. The lowest BCUT2D eigenvalue weighted by Gasteiger charge is -2.12. The minimum Gasteiger partial charge on any atom is -0.493 e. The van der Waals surface area contributed by atoms with Crippen LogP contribution in [0.5, 0.6) is 11.5 Å². The van der Waals surface area contributed by atoms with Crippen molar-refractivity contribution < 1.29 is 18.7 Å². The van der Waals surface area contributed by atoms with Gasteiger partial charge in [-0.05, 0) is 42.0 Å². The zero-order valence-electron chi connectivity index (χ0n) is 19.0. The number of halogens is 2. The van der Waals surface area contributed by atoms with Crippen LogP contribution < -0.4 is 14.8 Å². The maximum atomic E-state index is 14.4. The number of hydrogen-bond donors (Lipinski definition) is 1. The molecule has 0 aliphatic carbocycles. The van der Waals surface area contributed by atoms with Gasteiger partial charge < -0.3 is 19.4 Å². The van der Waals surface area contributed by atoms with Crippen LogP contribution in [-0.2, 0) is 24.2 Å². The molecule has 4 aromatic rings. The van der Waals surface area contributed by atoms with Crippen LogP contribution in [0, 0.1) is 5.82 Å². The Hall–Kier alpha value is -3.58. The van der Waals surface area contributed by atoms with Crippen molar-refractivity contribution >= 4 is 28.5 Å². The molecule has 0 radical (unpaired) electrons. The van der Waals surface area contributed by atoms with Crippen LogP contribution in [0.3, 0.4) is 0 Å². The number of aromatic nitrogens is 2. The van der Waals surface area contributed by atoms with Crippen molar-refractivity contribution in [2.45, 2.75) is 19.4 Å². The number of fused-ring (bicyclic) bond motifs is 1. The molecule has 0 saturated heterocycles. The van der Waals surface area contributed by atoms with Crippen molar-refractivity contribution in [3.05, 3.63) is 88.5 Å². The first-order valence-electron chi connectivity index (χ1n) is 10.8. The van der Waals surface area contributed by atoms with Gasteiger partial charge in [0.2, 0.25) is 5.91 Å². The first-order valence-corrected chi connectivity index (χ1v) is 11.2. The highest BCUT2D eigenvalue weighted by molar-refractivity contribution is 6.31. The predicted octanol–water partition coefficient (Wildman–Crippen LogP) is 4.80. The molecule has 0 aliphatic heterocycles. The highest BCUT2D eigenvalue weighted by atomic mass is 35.5. The Labute approximate surface area is 202 Å². The third kappa shape index (κ3) is 5.15. The number of carbonyl (C=O) groups excluding carboxylic acids is 1. The van der Waals surface area contributed by atoms with E-state index in [1.807, 2.05) is 34.9 Å². The summed E-state index contributed by atoms with van der Waals surface area (Å²) < 4.78 is 26.9. The second-order valence-electron chi connectivity index (χ2n) is 7.77. The fraction of sp³-hybridized carbons (Fsp3) is 0.231. The van der Waals surface area contributed by atoms with Crippen molar-refractivity contribution in [3.63, 3.8) is 0 Å². The van der Waals surface area contributed by atoms with Crippen molar-refractivity contribution in [2.24, 2.45) is 0 Å². The lowest BCUT2D eigenvalue weighted by atomic mass is 10.1. The molecule has 6 nitrogen and oxygen atoms in total. The number of rotatable bonds is 9. The molecule has 8 heteroatoms. The summed E-state index contributed by atoms with van der Waals surface area (Å²) in [5.74, 6) is 1.45. The topological polar surface area (TPSA) is 65.4 Å². The molecule has 1 N–H and O–H groups in total. The van der Waals surface area contributed by atoms with Crippen LogP contribution >= 0.6 is 11.6 Å². The number of methoxy groups -OCH3 is 2. The summed E-state index contributed by atoms with van der Waals surface area (Å²) in [5, 5.41) is 3.31. The van der Waals surface area contributed by atoms with E-state index >= 15 is 0 Å². The highest BCUT2D eigenvalue weighted by Gasteiger charge is 2.15. The normalized spacial score (nSPS) is 10.9. The van der Waals surface area contributed by atoms with E-state index in [2.05, 4.69) is 5.32 Å². The zero-order chi connectivity index (χ0) is 24.1. The van der Waals surface area contributed by atoms with Gasteiger partial charge in [0.15, 0.2) is 11.5 Å². The molecule has 1 heterocycles. The minimum absolute atomic E-state index is 0.118. The lowest BCUT2D eigenvalue weighted by molar-refractivity contribution is -0.120. The SMILES string of the molecule is COc1ccc(CC(=O)NCCc2nc3ccccc3n2Cc2c(F)cccc2Cl)cc1OC. The molecule has 1 aromatic heterocycles. The lowest BCUT2D eigenvalue weighted by Crippen LogP contribution is -2.28. The van der Waals surface area contributed by atoms with Gasteiger partial charge in [0.1, 0.15) is 11.6 Å². The van der Waals surface area contributed by atoms with Crippen molar-refractivity contribution in [2.75, 3.05) is 20.8 Å². The summed E-state index contributed by atoms with van der Waals surface area (Å²) in [7, 11) is 3.12. The summed E-state index contributed by atoms with van der Waals surface area (Å²) in [5.41, 5.74) is 2.91. The second-order valence-corrected chi connectivity index (χ2v) is 8.18. The standard InChI is InChI=1S/C26H25ClFN3O3/c1-33-23-11-10-17(14-24(23)34-2)15-26(32)29-13-12-25-30-21-8-3-4-9-22(21)31(25)16-18-19(27)6-5-7-20(18)28/h3-11,14H,12-13,15-16H2,1-2H3,(H,29,32). The molecule has 34 heavy (non-hydrogen) atoms. The van der Waals surface area contributed by atoms with Gasteiger partial charge in [-0.1, -0.05) is 35.9 Å². The quantitative estimate of drug-likeness (QED) is 0.373. The fourth-order valence-electron chi connectivity index (χ4n) is 3.89. The molecule has 0 saturated carbocycles. The van der Waals surface area contributed by atoms with Gasteiger partial charge >= 0.3 is 0 Å². The van der Waals surface area contributed by atoms with Gasteiger partial charge in [-0.2, -0.15) is 0 Å². The molecular formula is C26H25ClFN3O3. The summed E-state index contributed by atoms with van der Waals surface area (Å²) >= 11 is 6.27. The largest absolute Gasteiger partial charge is 0.493 e. The summed E-state index contributed by atoms with van der Waals surface area (Å²) in [6.07, 6.45) is 0.694. The molecule has 0 unspecified atom stereocenters.